The standard InChI is InChI=1S/C17H16ClFN2O3/c18-13-4-1-2-7-16(13)24-12-8-10-20(11-9-12)15-6-3-5-14(19)17(15)21(22)23/h1-7,12H,8-11H2. The van der Waals surface area contributed by atoms with E-state index in [0.717, 1.165) is 6.07 Å². The normalized spacial score (nSPS) is 15.3. The maximum atomic E-state index is 13.8. The minimum absolute atomic E-state index is 0.0197. The average molecular weight is 351 g/mol. The molecule has 0 atom stereocenters. The van der Waals surface area contributed by atoms with E-state index in [0.29, 0.717) is 42.4 Å². The first-order chi connectivity index (χ1) is 11.6. The van der Waals surface area contributed by atoms with E-state index in [1.807, 2.05) is 23.1 Å². The van der Waals surface area contributed by atoms with Crippen LogP contribution in [0, 0.1) is 15.9 Å². The molecular formula is C17H16ClFN2O3. The zero-order valence-corrected chi connectivity index (χ0v) is 13.6. The number of para-hydroxylation sites is 2. The number of piperidine rings is 1. The van der Waals surface area contributed by atoms with Gasteiger partial charge in [-0.2, -0.15) is 4.39 Å². The summed E-state index contributed by atoms with van der Waals surface area (Å²) in [5.74, 6) is -0.179. The third-order valence-corrected chi connectivity index (χ3v) is 4.37. The predicted molar refractivity (Wildman–Crippen MR) is 90.4 cm³/mol. The van der Waals surface area contributed by atoms with E-state index in [1.165, 1.54) is 6.07 Å². The highest BCUT2D eigenvalue weighted by Gasteiger charge is 2.28. The Hall–Kier alpha value is -2.34. The van der Waals surface area contributed by atoms with Gasteiger partial charge in [0.15, 0.2) is 0 Å². The highest BCUT2D eigenvalue weighted by Crippen LogP contribution is 2.33. The SMILES string of the molecule is O=[N+]([O-])c1c(F)cccc1N1CCC(Oc2ccccc2Cl)CC1. The fourth-order valence-electron chi connectivity index (χ4n) is 2.87. The van der Waals surface area contributed by atoms with Crippen LogP contribution in [-0.2, 0) is 0 Å². The molecule has 0 unspecified atom stereocenters. The van der Waals surface area contributed by atoms with Crippen LogP contribution in [0.5, 0.6) is 5.75 Å². The maximum absolute atomic E-state index is 13.8. The fourth-order valence-corrected chi connectivity index (χ4v) is 3.05. The van der Waals surface area contributed by atoms with Crippen LogP contribution in [0.2, 0.25) is 5.02 Å². The Bertz CT molecular complexity index is 748. The van der Waals surface area contributed by atoms with Crippen molar-refractivity contribution in [2.24, 2.45) is 0 Å². The number of hydrogen-bond donors (Lipinski definition) is 0. The number of nitro benzene ring substituents is 1. The summed E-state index contributed by atoms with van der Waals surface area (Å²) in [7, 11) is 0. The number of nitrogens with zero attached hydrogens (tertiary/aromatic N) is 2. The summed E-state index contributed by atoms with van der Waals surface area (Å²) in [5.41, 5.74) is -0.154. The Kier molecular flexibility index (Phi) is 4.85. The quantitative estimate of drug-likeness (QED) is 0.604. The van der Waals surface area contributed by atoms with E-state index >= 15 is 0 Å². The summed E-state index contributed by atoms with van der Waals surface area (Å²) in [6.07, 6.45) is 1.34. The van der Waals surface area contributed by atoms with Crippen molar-refractivity contribution in [1.82, 2.24) is 0 Å². The molecule has 0 spiro atoms. The van der Waals surface area contributed by atoms with Crippen LogP contribution in [0.1, 0.15) is 12.8 Å². The molecule has 0 amide bonds. The first-order valence-electron chi connectivity index (χ1n) is 7.65. The third-order valence-electron chi connectivity index (χ3n) is 4.06. The van der Waals surface area contributed by atoms with Gasteiger partial charge in [-0.25, -0.2) is 0 Å². The van der Waals surface area contributed by atoms with Crippen LogP contribution < -0.4 is 9.64 Å². The van der Waals surface area contributed by atoms with Gasteiger partial charge in [-0.05, 0) is 24.3 Å². The van der Waals surface area contributed by atoms with Gasteiger partial charge >= 0.3 is 5.69 Å². The van der Waals surface area contributed by atoms with E-state index in [4.69, 9.17) is 16.3 Å². The van der Waals surface area contributed by atoms with Gasteiger partial charge in [-0.15, -0.1) is 0 Å². The van der Waals surface area contributed by atoms with Gasteiger partial charge < -0.3 is 9.64 Å². The molecule has 126 valence electrons. The molecule has 1 heterocycles. The van der Waals surface area contributed by atoms with Gasteiger partial charge in [0.2, 0.25) is 5.82 Å². The predicted octanol–water partition coefficient (Wildman–Crippen LogP) is 4.44. The second kappa shape index (κ2) is 7.05. The van der Waals surface area contributed by atoms with Crippen LogP contribution in [0.15, 0.2) is 42.5 Å². The summed E-state index contributed by atoms with van der Waals surface area (Å²) in [5, 5.41) is 11.7. The first kappa shape index (κ1) is 16.5. The monoisotopic (exact) mass is 350 g/mol. The maximum Gasteiger partial charge on any atom is 0.327 e. The first-order valence-corrected chi connectivity index (χ1v) is 8.03. The van der Waals surface area contributed by atoms with E-state index < -0.39 is 16.4 Å². The van der Waals surface area contributed by atoms with Crippen LogP contribution in [0.3, 0.4) is 0 Å². The van der Waals surface area contributed by atoms with Gasteiger partial charge in [-0.3, -0.25) is 10.1 Å². The molecule has 7 heteroatoms. The Morgan fingerprint density at radius 1 is 1.17 bits per heavy atom. The lowest BCUT2D eigenvalue weighted by Crippen LogP contribution is -2.38. The van der Waals surface area contributed by atoms with Gasteiger partial charge in [0, 0.05) is 25.9 Å². The highest BCUT2D eigenvalue weighted by atomic mass is 35.5. The molecule has 1 saturated heterocycles. The largest absolute Gasteiger partial charge is 0.489 e. The van der Waals surface area contributed by atoms with E-state index in [1.54, 1.807) is 12.1 Å². The van der Waals surface area contributed by atoms with Crippen LogP contribution in [-0.4, -0.2) is 24.1 Å². The molecule has 24 heavy (non-hydrogen) atoms. The summed E-state index contributed by atoms with van der Waals surface area (Å²) in [4.78, 5) is 12.3. The minimum Gasteiger partial charge on any atom is -0.489 e. The molecule has 0 saturated carbocycles. The smallest absolute Gasteiger partial charge is 0.327 e. The Morgan fingerprint density at radius 3 is 2.54 bits per heavy atom. The second-order valence-electron chi connectivity index (χ2n) is 5.60. The average Bonchev–Trinajstić information content (AvgIpc) is 2.57. The lowest BCUT2D eigenvalue weighted by Gasteiger charge is -2.33. The van der Waals surface area contributed by atoms with Crippen molar-refractivity contribution < 1.29 is 14.1 Å². The Labute approximate surface area is 143 Å². The number of halogens is 2. The van der Waals surface area contributed by atoms with Crippen molar-refractivity contribution in [3.63, 3.8) is 0 Å². The second-order valence-corrected chi connectivity index (χ2v) is 6.01. The molecule has 0 N–H and O–H groups in total. The number of hydrogen-bond acceptors (Lipinski definition) is 4. The minimum atomic E-state index is -0.813. The van der Waals surface area contributed by atoms with Crippen LogP contribution in [0.25, 0.3) is 0 Å². The number of benzene rings is 2. The van der Waals surface area contributed by atoms with Crippen molar-refractivity contribution in [1.29, 1.82) is 0 Å². The molecule has 0 aromatic heterocycles. The highest BCUT2D eigenvalue weighted by molar-refractivity contribution is 6.32. The van der Waals surface area contributed by atoms with Crippen molar-refractivity contribution >= 4 is 23.0 Å². The topological polar surface area (TPSA) is 55.6 Å². The lowest BCUT2D eigenvalue weighted by atomic mass is 10.1. The molecule has 1 fully saturated rings. The van der Waals surface area contributed by atoms with E-state index in [9.17, 15) is 14.5 Å². The van der Waals surface area contributed by atoms with Crippen molar-refractivity contribution in [2.45, 2.75) is 18.9 Å². The number of anilines is 1. The molecule has 2 aromatic carbocycles. The van der Waals surface area contributed by atoms with Crippen molar-refractivity contribution in [3.8, 4) is 5.75 Å². The Morgan fingerprint density at radius 2 is 1.88 bits per heavy atom. The summed E-state index contributed by atoms with van der Waals surface area (Å²) < 4.78 is 19.7. The van der Waals surface area contributed by atoms with Crippen molar-refractivity contribution in [3.05, 3.63) is 63.4 Å². The van der Waals surface area contributed by atoms with Crippen LogP contribution in [0.4, 0.5) is 15.8 Å². The summed E-state index contributed by atoms with van der Waals surface area (Å²) >= 11 is 6.09. The molecule has 5 nitrogen and oxygen atoms in total. The van der Waals surface area contributed by atoms with Gasteiger partial charge in [0.1, 0.15) is 17.5 Å². The van der Waals surface area contributed by atoms with Gasteiger partial charge in [-0.1, -0.05) is 29.8 Å². The number of rotatable bonds is 4. The fraction of sp³-hybridized carbons (Fsp3) is 0.294. The third kappa shape index (κ3) is 3.43. The van der Waals surface area contributed by atoms with E-state index in [-0.39, 0.29) is 6.10 Å². The summed E-state index contributed by atoms with van der Waals surface area (Å²) in [6.45, 7) is 1.11. The molecule has 1 aliphatic rings. The number of nitro groups is 1. The molecule has 0 aliphatic carbocycles. The molecule has 3 rings (SSSR count). The molecular weight excluding hydrogens is 335 g/mol. The van der Waals surface area contributed by atoms with Gasteiger partial charge in [0.05, 0.1) is 9.95 Å². The lowest BCUT2D eigenvalue weighted by molar-refractivity contribution is -0.386. The van der Waals surface area contributed by atoms with Crippen LogP contribution >= 0.6 is 11.6 Å². The van der Waals surface area contributed by atoms with E-state index in [2.05, 4.69) is 0 Å². The summed E-state index contributed by atoms with van der Waals surface area (Å²) in [6, 6.07) is 11.4. The molecule has 0 radical (unpaired) electrons. The Balaban J connectivity index is 1.69. The molecule has 0 bridgehead atoms. The van der Waals surface area contributed by atoms with Crippen molar-refractivity contribution in [2.75, 3.05) is 18.0 Å². The number of ether oxygens (including phenoxy) is 1. The molecule has 1 aliphatic heterocycles. The zero-order valence-electron chi connectivity index (χ0n) is 12.8. The zero-order chi connectivity index (χ0) is 17.1. The molecule has 2 aromatic rings. The van der Waals surface area contributed by atoms with Gasteiger partial charge in [0.25, 0.3) is 0 Å².